The van der Waals surface area contributed by atoms with Gasteiger partial charge < -0.3 is 9.64 Å². The van der Waals surface area contributed by atoms with Crippen LogP contribution in [0.3, 0.4) is 0 Å². The Hall–Kier alpha value is -1.11. The smallest absolute Gasteiger partial charge is 0.224 e. The maximum atomic E-state index is 12.3. The summed E-state index contributed by atoms with van der Waals surface area (Å²) in [5.74, 6) is 0.230. The highest BCUT2D eigenvalue weighted by Crippen LogP contribution is 2.37. The average Bonchev–Trinajstić information content (AvgIpc) is 3.10. The molecule has 1 aromatic rings. The van der Waals surface area contributed by atoms with Gasteiger partial charge in [0.15, 0.2) is 0 Å². The molecule has 0 N–H and O–H groups in total. The molecule has 0 radical (unpaired) electrons. The Kier molecular flexibility index (Phi) is 5.24. The van der Waals surface area contributed by atoms with E-state index in [1.54, 1.807) is 4.68 Å². The van der Waals surface area contributed by atoms with Gasteiger partial charge in [-0.3, -0.25) is 14.4 Å². The lowest BCUT2D eigenvalue weighted by molar-refractivity contribution is -0.135. The van der Waals surface area contributed by atoms with E-state index in [1.807, 2.05) is 18.9 Å². The van der Waals surface area contributed by atoms with Crippen LogP contribution in [-0.4, -0.2) is 64.9 Å². The van der Waals surface area contributed by atoms with Crippen molar-refractivity contribution in [2.75, 3.05) is 39.4 Å². The number of nitrogens with zero attached hydrogens (tertiary/aromatic N) is 4. The first-order chi connectivity index (χ1) is 11.1. The maximum Gasteiger partial charge on any atom is 0.224 e. The van der Waals surface area contributed by atoms with Gasteiger partial charge in [-0.2, -0.15) is 5.10 Å². The van der Waals surface area contributed by atoms with Crippen molar-refractivity contribution in [2.24, 2.45) is 7.05 Å². The summed E-state index contributed by atoms with van der Waals surface area (Å²) in [6, 6.07) is 0.286. The van der Waals surface area contributed by atoms with Gasteiger partial charge >= 0.3 is 0 Å². The fourth-order valence-electron chi connectivity index (χ4n) is 3.66. The second-order valence-corrected chi connectivity index (χ2v) is 6.71. The minimum atomic E-state index is 0.230. The minimum Gasteiger partial charge on any atom is -0.378 e. The zero-order valence-corrected chi connectivity index (χ0v) is 14.7. The highest BCUT2D eigenvalue weighted by Gasteiger charge is 2.31. The summed E-state index contributed by atoms with van der Waals surface area (Å²) in [5, 5.41) is 5.15. The summed E-state index contributed by atoms with van der Waals surface area (Å²) in [5.41, 5.74) is 2.12. The Morgan fingerprint density at radius 1 is 1.35 bits per heavy atom. The van der Waals surface area contributed by atoms with Gasteiger partial charge in [0.2, 0.25) is 5.91 Å². The Balaban J connectivity index is 1.62. The van der Waals surface area contributed by atoms with E-state index >= 15 is 0 Å². The topological polar surface area (TPSA) is 50.6 Å². The van der Waals surface area contributed by atoms with Crippen molar-refractivity contribution in [3.8, 4) is 0 Å². The van der Waals surface area contributed by atoms with Gasteiger partial charge in [-0.05, 0) is 26.3 Å². The summed E-state index contributed by atoms with van der Waals surface area (Å²) in [7, 11) is 1.88. The monoisotopic (exact) mass is 340 g/mol. The summed E-state index contributed by atoms with van der Waals surface area (Å²) in [6.07, 6.45) is 2.78. The molecule has 1 atom stereocenters. The van der Waals surface area contributed by atoms with Crippen LogP contribution in [0, 0.1) is 6.92 Å². The minimum absolute atomic E-state index is 0.230. The van der Waals surface area contributed by atoms with Crippen LogP contribution < -0.4 is 0 Å². The van der Waals surface area contributed by atoms with Crippen molar-refractivity contribution in [1.82, 2.24) is 19.6 Å². The van der Waals surface area contributed by atoms with E-state index < -0.39 is 0 Å². The molecule has 0 bridgehead atoms. The molecule has 0 saturated carbocycles. The highest BCUT2D eigenvalue weighted by molar-refractivity contribution is 6.30. The molecule has 3 heterocycles. The Bertz CT molecular complexity index is 569. The summed E-state index contributed by atoms with van der Waals surface area (Å²) < 4.78 is 7.04. The van der Waals surface area contributed by atoms with E-state index in [-0.39, 0.29) is 11.9 Å². The number of aromatic nitrogens is 2. The molecule has 6 nitrogen and oxygen atoms in total. The molecule has 7 heteroatoms. The van der Waals surface area contributed by atoms with Gasteiger partial charge in [-0.1, -0.05) is 11.6 Å². The number of amides is 1. The number of hydrogen-bond donors (Lipinski definition) is 0. The number of carbonyl (C=O) groups excluding carboxylic acids is 1. The van der Waals surface area contributed by atoms with Crippen LogP contribution in [0.2, 0.25) is 5.15 Å². The van der Waals surface area contributed by atoms with Crippen LogP contribution in [0.15, 0.2) is 0 Å². The van der Waals surface area contributed by atoms with E-state index in [9.17, 15) is 4.79 Å². The van der Waals surface area contributed by atoms with Crippen molar-refractivity contribution < 1.29 is 9.53 Å². The molecule has 3 rings (SSSR count). The molecule has 2 aliphatic heterocycles. The van der Waals surface area contributed by atoms with Crippen molar-refractivity contribution in [3.63, 3.8) is 0 Å². The van der Waals surface area contributed by atoms with Crippen molar-refractivity contribution in [3.05, 3.63) is 16.4 Å². The molecule has 0 aromatic carbocycles. The number of rotatable bonds is 4. The lowest BCUT2D eigenvalue weighted by atomic mass is 10.1. The van der Waals surface area contributed by atoms with E-state index in [0.717, 1.165) is 55.4 Å². The normalized spacial score (nSPS) is 22.7. The molecule has 23 heavy (non-hydrogen) atoms. The molecular weight excluding hydrogens is 316 g/mol. The van der Waals surface area contributed by atoms with Crippen molar-refractivity contribution in [1.29, 1.82) is 0 Å². The third kappa shape index (κ3) is 3.54. The molecule has 2 aliphatic rings. The number of ether oxygens (including phenoxy) is 1. The molecule has 1 amide bonds. The molecule has 2 saturated heterocycles. The third-order valence-corrected chi connectivity index (χ3v) is 5.32. The Labute approximate surface area is 142 Å². The predicted octanol–water partition coefficient (Wildman–Crippen LogP) is 1.77. The number of carbonyl (C=O) groups is 1. The zero-order chi connectivity index (χ0) is 16.4. The highest BCUT2D eigenvalue weighted by atomic mass is 35.5. The molecular formula is C16H25ClN4O2. The van der Waals surface area contributed by atoms with Gasteiger partial charge in [0, 0.05) is 44.7 Å². The molecule has 2 fully saturated rings. The summed E-state index contributed by atoms with van der Waals surface area (Å²) >= 11 is 6.43. The van der Waals surface area contributed by atoms with Gasteiger partial charge in [0.1, 0.15) is 5.15 Å². The molecule has 0 spiro atoms. The van der Waals surface area contributed by atoms with Crippen LogP contribution >= 0.6 is 11.6 Å². The van der Waals surface area contributed by atoms with E-state index in [1.165, 1.54) is 0 Å². The number of morpholine rings is 1. The first-order valence-electron chi connectivity index (χ1n) is 8.36. The molecule has 0 aliphatic carbocycles. The fraction of sp³-hybridized carbons (Fsp3) is 0.750. The Morgan fingerprint density at radius 3 is 2.74 bits per heavy atom. The van der Waals surface area contributed by atoms with Crippen molar-refractivity contribution >= 4 is 17.5 Å². The maximum absolute atomic E-state index is 12.3. The number of aryl methyl sites for hydroxylation is 2. The second-order valence-electron chi connectivity index (χ2n) is 6.35. The van der Waals surface area contributed by atoms with E-state index in [0.29, 0.717) is 19.6 Å². The molecule has 1 aromatic heterocycles. The van der Waals surface area contributed by atoms with Crippen molar-refractivity contribution in [2.45, 2.75) is 32.2 Å². The van der Waals surface area contributed by atoms with Gasteiger partial charge in [-0.25, -0.2) is 0 Å². The fourth-order valence-corrected chi connectivity index (χ4v) is 3.96. The number of likely N-dealkylation sites (tertiary alicyclic amines) is 1. The second kappa shape index (κ2) is 7.20. The summed E-state index contributed by atoms with van der Waals surface area (Å²) in [4.78, 5) is 16.6. The van der Waals surface area contributed by atoms with Crippen LogP contribution in [0.25, 0.3) is 0 Å². The number of hydrogen-bond acceptors (Lipinski definition) is 4. The quantitative estimate of drug-likeness (QED) is 0.838. The molecule has 1 unspecified atom stereocenters. The van der Waals surface area contributed by atoms with Gasteiger partial charge in [-0.15, -0.1) is 0 Å². The first kappa shape index (κ1) is 16.7. The lowest BCUT2D eigenvalue weighted by Crippen LogP contribution is -2.42. The number of halogens is 1. The van der Waals surface area contributed by atoms with Crippen LogP contribution in [0.5, 0.6) is 0 Å². The summed E-state index contributed by atoms with van der Waals surface area (Å²) in [6.45, 7) is 6.56. The Morgan fingerprint density at radius 2 is 2.09 bits per heavy atom. The lowest BCUT2D eigenvalue weighted by Gasteiger charge is -2.29. The zero-order valence-electron chi connectivity index (χ0n) is 13.9. The van der Waals surface area contributed by atoms with E-state index in [2.05, 4.69) is 10.00 Å². The van der Waals surface area contributed by atoms with Crippen LogP contribution in [0.4, 0.5) is 0 Å². The molecule has 128 valence electrons. The average molecular weight is 341 g/mol. The van der Waals surface area contributed by atoms with Crippen LogP contribution in [0.1, 0.15) is 36.6 Å². The van der Waals surface area contributed by atoms with E-state index in [4.69, 9.17) is 16.3 Å². The van der Waals surface area contributed by atoms with Gasteiger partial charge in [0.05, 0.1) is 18.9 Å². The standard InChI is InChI=1S/C16H25ClN4O2/c1-12-15(16(17)19(2)18-12)13-4-3-6-20(13)7-5-14(22)21-8-10-23-11-9-21/h13H,3-11H2,1-2H3. The SMILES string of the molecule is Cc1nn(C)c(Cl)c1C1CCCN1CCC(=O)N1CCOCC1. The van der Waals surface area contributed by atoms with Gasteiger partial charge in [0.25, 0.3) is 0 Å². The third-order valence-electron chi connectivity index (χ3n) is 4.87. The largest absolute Gasteiger partial charge is 0.378 e. The first-order valence-corrected chi connectivity index (χ1v) is 8.74. The van der Waals surface area contributed by atoms with Crippen LogP contribution in [-0.2, 0) is 16.6 Å². The predicted molar refractivity (Wildman–Crippen MR) is 88.5 cm³/mol.